The van der Waals surface area contributed by atoms with Gasteiger partial charge in [0.15, 0.2) is 0 Å². The number of hydrogen-bond acceptors (Lipinski definition) is 1. The number of hydrogen-bond donors (Lipinski definition) is 0. The second-order valence-corrected chi connectivity index (χ2v) is 31.9. The van der Waals surface area contributed by atoms with Crippen molar-refractivity contribution in [1.82, 2.24) is 9.13 Å². The molecule has 0 amide bonds. The fraction of sp³-hybridized carbons (Fsp3) is 0.143. The number of nitrogens with zero attached hydrogens (tertiary/aromatic N) is 2. The molecule has 5 heteroatoms. The van der Waals surface area contributed by atoms with E-state index in [4.69, 9.17) is 4.74 Å². The summed E-state index contributed by atoms with van der Waals surface area (Å²) in [5.41, 5.74) is 33.4. The van der Waals surface area contributed by atoms with Crippen LogP contribution in [0.2, 0.25) is 0 Å². The summed E-state index contributed by atoms with van der Waals surface area (Å²) >= 11 is 3.66. The minimum Gasteiger partial charge on any atom is -0.496 e. The quantitative estimate of drug-likeness (QED) is 0.146. The van der Waals surface area contributed by atoms with Crippen molar-refractivity contribution in [2.75, 3.05) is 7.11 Å². The fourth-order valence-electron chi connectivity index (χ4n) is 17.9. The van der Waals surface area contributed by atoms with E-state index in [9.17, 15) is 0 Å². The zero-order valence-electron chi connectivity index (χ0n) is 58.4. The molecule has 3 nitrogen and oxygen atoms in total. The van der Waals surface area contributed by atoms with Crippen molar-refractivity contribution in [1.29, 1.82) is 0 Å². The Morgan fingerprint density at radius 3 is 1.06 bits per heavy atom. The van der Waals surface area contributed by atoms with Crippen LogP contribution in [0, 0.1) is 6.92 Å². The first kappa shape index (κ1) is 64.5. The molecular weight excluding hydrogens is 1330 g/mol. The minimum absolute atomic E-state index is 0.122. The molecule has 4 aliphatic rings. The van der Waals surface area contributed by atoms with Crippen molar-refractivity contribution in [3.05, 3.63) is 325 Å². The van der Waals surface area contributed by atoms with E-state index in [0.29, 0.717) is 0 Å². The number of methoxy groups -OCH3 is 1. The molecule has 20 rings (SSSR count). The smallest absolute Gasteiger partial charge is 0.126 e. The molecule has 2 aromatic heterocycles. The monoisotopic (exact) mass is 1410 g/mol. The molecule has 0 unspecified atom stereocenters. The van der Waals surface area contributed by atoms with Gasteiger partial charge >= 0.3 is 0 Å². The van der Waals surface area contributed by atoms with Gasteiger partial charge in [0, 0.05) is 43.0 Å². The molecule has 2 fully saturated rings. The summed E-state index contributed by atoms with van der Waals surface area (Å²) in [5, 5.41) is 6.69. The Hall–Kier alpha value is -10.6. The second kappa shape index (κ2) is 28.0. The topological polar surface area (TPSA) is 19.1 Å². The van der Waals surface area contributed by atoms with Gasteiger partial charge in [0.25, 0.3) is 0 Å². The van der Waals surface area contributed by atoms with Gasteiger partial charge in [-0.3, -0.25) is 0 Å². The Labute approximate surface area is 614 Å². The number of ether oxygens (including phenoxy) is 1. The zero-order chi connectivity index (χ0) is 68.9. The van der Waals surface area contributed by atoms with Crippen LogP contribution in [0.15, 0.2) is 320 Å². The summed E-state index contributed by atoms with van der Waals surface area (Å²) in [4.78, 5) is 0. The third-order valence-electron chi connectivity index (χ3n) is 22.5. The molecule has 0 N–H and O–H groups in total. The molecule has 0 radical (unpaired) electrons. The van der Waals surface area contributed by atoms with Crippen LogP contribution in [-0.2, 0) is 0 Å². The van der Waals surface area contributed by atoms with Crippen molar-refractivity contribution in [2.45, 2.75) is 82.4 Å². The van der Waals surface area contributed by atoms with Gasteiger partial charge in [-0.1, -0.05) is 311 Å². The lowest BCUT2D eigenvalue weighted by atomic mass is 9.81. The van der Waals surface area contributed by atoms with Crippen molar-refractivity contribution < 1.29 is 4.74 Å². The lowest BCUT2D eigenvalue weighted by molar-refractivity contribution is 0.416. The van der Waals surface area contributed by atoms with Crippen molar-refractivity contribution in [3.63, 3.8) is 0 Å². The van der Waals surface area contributed by atoms with E-state index in [-0.39, 0.29) is 7.92 Å². The minimum atomic E-state index is -0.122. The number of para-hydroxylation sites is 3. The highest BCUT2D eigenvalue weighted by Crippen LogP contribution is 2.57. The Kier molecular flexibility index (Phi) is 17.5. The third kappa shape index (κ3) is 11.6. The summed E-state index contributed by atoms with van der Waals surface area (Å²) in [6.07, 6.45) is 14.4. The van der Waals surface area contributed by atoms with Gasteiger partial charge in [0.2, 0.25) is 0 Å². The van der Waals surface area contributed by atoms with E-state index in [1.165, 1.54) is 219 Å². The van der Waals surface area contributed by atoms with Crippen LogP contribution < -0.4 is 10.0 Å². The lowest BCUT2D eigenvalue weighted by Crippen LogP contribution is -2.27. The maximum Gasteiger partial charge on any atom is 0.126 e. The van der Waals surface area contributed by atoms with Gasteiger partial charge in [0.05, 0.1) is 29.2 Å². The molecule has 0 spiro atoms. The van der Waals surface area contributed by atoms with Crippen LogP contribution in [0.25, 0.3) is 155 Å². The van der Waals surface area contributed by atoms with Crippen LogP contribution in [0.1, 0.15) is 69.8 Å². The molecule has 2 saturated carbocycles. The molecular formula is C98H80BrN2OP. The van der Waals surface area contributed by atoms with Gasteiger partial charge in [-0.05, 0) is 216 Å². The Morgan fingerprint density at radius 2 is 0.621 bits per heavy atom. The molecule has 2 heterocycles. The summed E-state index contributed by atoms with van der Waals surface area (Å²) in [7, 11) is 1.69. The first-order valence-corrected chi connectivity index (χ1v) is 39.3. The van der Waals surface area contributed by atoms with Crippen LogP contribution in [0.5, 0.6) is 5.75 Å². The molecule has 0 atom stereocenters. The number of aryl methyl sites for hydroxylation is 1. The molecule has 14 aromatic carbocycles. The van der Waals surface area contributed by atoms with E-state index in [1.807, 2.05) is 7.11 Å². The van der Waals surface area contributed by atoms with Crippen molar-refractivity contribution >= 4 is 72.8 Å². The standard InChI is InChI=1S/C48H30N2.C26H35OP.C24H15Br/c1-2-14-34-33(13-1)35-15-3-4-17-37(35)39-27-25-31(29-43(39)38-18-6-5-16-36(34)38)50-47-24-12-9-21-42(47)44-30-32(26-28-48(44)50)49-45-22-10-7-19-40(45)41-20-8-11-23-46(41)49;1-20-12-11-18-24(27-2)26(20)23-17-9-10-19-25(23)28(21-13-5-3-6-14-21)22-15-7-4-8-16-22;25-16-13-14-23-21-11-4-3-9-19(21)17-7-1-2-8-18(17)20-10-5-6-12-22(20)24(23)15-16/h1-30H;9-12,17-19,21-22H,3-8,13-16H2,1-2H3;1-15H. The third-order valence-corrected chi connectivity index (χ3v) is 26.5. The van der Waals surface area contributed by atoms with E-state index < -0.39 is 0 Å². The predicted octanol–water partition coefficient (Wildman–Crippen LogP) is 27.7. The summed E-state index contributed by atoms with van der Waals surface area (Å²) in [6.45, 7) is 2.23. The van der Waals surface area contributed by atoms with Crippen LogP contribution in [0.3, 0.4) is 0 Å². The first-order chi connectivity index (χ1) is 51.0. The summed E-state index contributed by atoms with van der Waals surface area (Å²) in [6, 6.07) is 115. The lowest BCUT2D eigenvalue weighted by Gasteiger charge is -2.39. The Balaban J connectivity index is 0.000000121. The normalized spacial score (nSPS) is 13.8. The number of rotatable bonds is 7. The van der Waals surface area contributed by atoms with E-state index in [0.717, 1.165) is 27.2 Å². The maximum absolute atomic E-state index is 5.81. The summed E-state index contributed by atoms with van der Waals surface area (Å²) < 4.78 is 11.8. The van der Waals surface area contributed by atoms with Gasteiger partial charge < -0.3 is 13.9 Å². The number of benzene rings is 14. The van der Waals surface area contributed by atoms with Gasteiger partial charge in [-0.2, -0.15) is 0 Å². The largest absolute Gasteiger partial charge is 0.496 e. The van der Waals surface area contributed by atoms with Crippen LogP contribution in [-0.4, -0.2) is 27.6 Å². The van der Waals surface area contributed by atoms with Gasteiger partial charge in [-0.15, -0.1) is 0 Å². The zero-order valence-corrected chi connectivity index (χ0v) is 60.9. The SMILES string of the molecule is Brc1ccc2c(c1)-c1ccccc1-c1ccccc1-c1ccccc1-2.COc1cccc(C)c1-c1ccccc1P(C1CCCCC1)C1CCCCC1.c1ccc2c(c1)-c1ccccc1-c1ccc(-n3c4ccccc4c4cc(-n5c6ccccc6c6ccccc65)ccc43)cc1-c1ccccc1-2. The van der Waals surface area contributed by atoms with Crippen molar-refractivity contribution in [2.24, 2.45) is 0 Å². The molecule has 0 aliphatic heterocycles. The first-order valence-electron chi connectivity index (χ1n) is 37.0. The van der Waals surface area contributed by atoms with E-state index >= 15 is 0 Å². The van der Waals surface area contributed by atoms with Crippen molar-refractivity contribution in [3.8, 4) is 117 Å². The predicted molar refractivity (Wildman–Crippen MR) is 443 cm³/mol. The molecule has 0 bridgehead atoms. The number of halogens is 1. The molecule has 16 aromatic rings. The Morgan fingerprint density at radius 1 is 0.291 bits per heavy atom. The fourth-order valence-corrected chi connectivity index (χ4v) is 22.2. The summed E-state index contributed by atoms with van der Waals surface area (Å²) in [5.74, 6) is 1.02. The van der Waals surface area contributed by atoms with Gasteiger partial charge in [-0.25, -0.2) is 0 Å². The second-order valence-electron chi connectivity index (χ2n) is 28.3. The maximum atomic E-state index is 5.81. The van der Waals surface area contributed by atoms with E-state index in [1.54, 1.807) is 5.30 Å². The molecule has 4 aliphatic carbocycles. The van der Waals surface area contributed by atoms with Crippen LogP contribution in [0.4, 0.5) is 0 Å². The van der Waals surface area contributed by atoms with Gasteiger partial charge in [0.1, 0.15) is 5.75 Å². The molecule has 500 valence electrons. The average Bonchev–Trinajstić information content (AvgIpc) is 1.67. The highest BCUT2D eigenvalue weighted by atomic mass is 79.9. The Bertz CT molecular complexity index is 5820. The highest BCUT2D eigenvalue weighted by Gasteiger charge is 2.35. The average molecular weight is 1410 g/mol. The number of aromatic nitrogens is 2. The highest BCUT2D eigenvalue weighted by molar-refractivity contribution is 9.10. The molecule has 103 heavy (non-hydrogen) atoms. The van der Waals surface area contributed by atoms with E-state index in [2.05, 4.69) is 347 Å². The van der Waals surface area contributed by atoms with Crippen LogP contribution >= 0.6 is 23.9 Å². The molecule has 0 saturated heterocycles. The number of fused-ring (bicyclic) bond motifs is 22.